The van der Waals surface area contributed by atoms with Gasteiger partial charge in [0, 0.05) is 6.42 Å². The molecule has 0 unspecified atom stereocenters. The van der Waals surface area contributed by atoms with Gasteiger partial charge in [0.15, 0.2) is 0 Å². The molecule has 0 aromatic carbocycles. The Morgan fingerprint density at radius 3 is 3.10 bits per heavy atom. The summed E-state index contributed by atoms with van der Waals surface area (Å²) in [4.78, 5) is 11.3. The third-order valence-electron chi connectivity index (χ3n) is 2.84. The zero-order chi connectivity index (χ0) is 6.97. The van der Waals surface area contributed by atoms with Gasteiger partial charge in [-0.25, -0.2) is 0 Å². The number of fused-ring (bicyclic) bond motifs is 1. The molecule has 1 aliphatic carbocycles. The van der Waals surface area contributed by atoms with Gasteiger partial charge in [-0.3, -0.25) is 4.79 Å². The van der Waals surface area contributed by atoms with Crippen LogP contribution in [0.1, 0.15) is 25.7 Å². The third kappa shape index (κ3) is 0.870. The number of nitrogens with two attached hydrogens (primary N) is 1. The zero-order valence-electron chi connectivity index (χ0n) is 6.18. The number of hydrogen-bond donors (Lipinski definition) is 1. The van der Waals surface area contributed by atoms with Crippen LogP contribution in [0.15, 0.2) is 0 Å². The van der Waals surface area contributed by atoms with Gasteiger partial charge < -0.3 is 5.32 Å². The van der Waals surface area contributed by atoms with Crippen LogP contribution in [0.25, 0.3) is 0 Å². The molecule has 1 saturated heterocycles. The summed E-state index contributed by atoms with van der Waals surface area (Å²) in [5.41, 5.74) is 0. The average Bonchev–Trinajstić information content (AvgIpc) is 2.36. The summed E-state index contributed by atoms with van der Waals surface area (Å²) in [6, 6.07) is 0.668. The van der Waals surface area contributed by atoms with E-state index in [1.807, 2.05) is 0 Å². The van der Waals surface area contributed by atoms with E-state index in [1.165, 1.54) is 19.3 Å². The first-order chi connectivity index (χ1) is 4.88. The predicted octanol–water partition coefficient (Wildman–Crippen LogP) is -0.309. The van der Waals surface area contributed by atoms with Gasteiger partial charge in [-0.05, 0) is 12.8 Å². The Morgan fingerprint density at radius 1 is 1.40 bits per heavy atom. The van der Waals surface area contributed by atoms with Crippen molar-refractivity contribution in [2.24, 2.45) is 5.92 Å². The normalized spacial score (nSPS) is 39.8. The van der Waals surface area contributed by atoms with E-state index >= 15 is 0 Å². The van der Waals surface area contributed by atoms with Gasteiger partial charge >= 0.3 is 0 Å². The molecule has 2 N–H and O–H groups in total. The molecule has 0 radical (unpaired) electrons. The van der Waals surface area contributed by atoms with E-state index in [2.05, 4.69) is 5.32 Å². The fraction of sp³-hybridized carbons (Fsp3) is 0.875. The second-order valence-electron chi connectivity index (χ2n) is 3.44. The molecule has 0 bridgehead atoms. The predicted molar refractivity (Wildman–Crippen MR) is 37.5 cm³/mol. The number of ketones is 1. The molecule has 1 saturated carbocycles. The first-order valence-corrected chi connectivity index (χ1v) is 4.24. The molecule has 0 aromatic rings. The van der Waals surface area contributed by atoms with Crippen molar-refractivity contribution >= 4 is 5.78 Å². The SMILES string of the molecule is O=C1CC[NH2+][C@H]2CCC[C@@H]12. The van der Waals surface area contributed by atoms with Gasteiger partial charge in [0.05, 0.1) is 24.9 Å². The van der Waals surface area contributed by atoms with Gasteiger partial charge in [0.2, 0.25) is 0 Å². The Kier molecular flexibility index (Phi) is 1.49. The summed E-state index contributed by atoms with van der Waals surface area (Å²) in [7, 11) is 0. The fourth-order valence-corrected chi connectivity index (χ4v) is 2.30. The second-order valence-corrected chi connectivity index (χ2v) is 3.44. The van der Waals surface area contributed by atoms with Crippen LogP contribution >= 0.6 is 0 Å². The summed E-state index contributed by atoms with van der Waals surface area (Å²) >= 11 is 0. The molecule has 2 nitrogen and oxygen atoms in total. The van der Waals surface area contributed by atoms with E-state index < -0.39 is 0 Å². The molecule has 56 valence electrons. The molecule has 0 spiro atoms. The van der Waals surface area contributed by atoms with Crippen molar-refractivity contribution in [2.75, 3.05) is 6.54 Å². The minimum atomic E-state index is 0.439. The molecule has 2 heteroatoms. The highest BCUT2D eigenvalue weighted by Gasteiger charge is 2.38. The molecule has 2 rings (SSSR count). The van der Waals surface area contributed by atoms with Crippen molar-refractivity contribution < 1.29 is 10.1 Å². The van der Waals surface area contributed by atoms with Crippen LogP contribution in [0.5, 0.6) is 0 Å². The standard InChI is InChI=1S/C8H13NO/c10-8-4-5-9-7-3-1-2-6(7)8/h6-7,9H,1-5H2/p+1/t6-,7+/m1/s1. The van der Waals surface area contributed by atoms with Crippen molar-refractivity contribution in [1.29, 1.82) is 0 Å². The first-order valence-electron chi connectivity index (χ1n) is 4.24. The highest BCUT2D eigenvalue weighted by Crippen LogP contribution is 2.26. The van der Waals surface area contributed by atoms with Crippen LogP contribution in [0.4, 0.5) is 0 Å². The van der Waals surface area contributed by atoms with Gasteiger partial charge in [-0.1, -0.05) is 0 Å². The van der Waals surface area contributed by atoms with Gasteiger partial charge in [0.25, 0.3) is 0 Å². The largest absolute Gasteiger partial charge is 0.343 e. The maximum atomic E-state index is 11.3. The lowest BCUT2D eigenvalue weighted by Crippen LogP contribution is -2.93. The summed E-state index contributed by atoms with van der Waals surface area (Å²) in [6.07, 6.45) is 4.54. The molecule has 2 aliphatic rings. The molecular weight excluding hydrogens is 126 g/mol. The Bertz CT molecular complexity index is 155. The topological polar surface area (TPSA) is 33.7 Å². The van der Waals surface area contributed by atoms with E-state index in [4.69, 9.17) is 0 Å². The van der Waals surface area contributed by atoms with E-state index in [0.29, 0.717) is 17.7 Å². The summed E-state index contributed by atoms with van der Waals surface area (Å²) < 4.78 is 0. The molecular formula is C8H14NO+. The molecule has 0 aromatic heterocycles. The number of carbonyl (C=O) groups is 1. The monoisotopic (exact) mass is 140 g/mol. The minimum absolute atomic E-state index is 0.439. The van der Waals surface area contributed by atoms with Crippen molar-refractivity contribution in [2.45, 2.75) is 31.7 Å². The zero-order valence-corrected chi connectivity index (χ0v) is 6.18. The maximum absolute atomic E-state index is 11.3. The van der Waals surface area contributed by atoms with Crippen LogP contribution in [-0.2, 0) is 4.79 Å². The third-order valence-corrected chi connectivity index (χ3v) is 2.84. The van der Waals surface area contributed by atoms with Crippen molar-refractivity contribution in [3.8, 4) is 0 Å². The molecule has 0 amide bonds. The number of carbonyl (C=O) groups excluding carboxylic acids is 1. The lowest BCUT2D eigenvalue weighted by molar-refractivity contribution is -0.695. The quantitative estimate of drug-likeness (QED) is 0.492. The van der Waals surface area contributed by atoms with Crippen molar-refractivity contribution in [1.82, 2.24) is 0 Å². The van der Waals surface area contributed by atoms with E-state index in [9.17, 15) is 4.79 Å². The molecule has 2 atom stereocenters. The van der Waals surface area contributed by atoms with Gasteiger partial charge in [-0.15, -0.1) is 0 Å². The smallest absolute Gasteiger partial charge is 0.147 e. The van der Waals surface area contributed by atoms with E-state index in [1.54, 1.807) is 0 Å². The summed E-state index contributed by atoms with van der Waals surface area (Å²) in [5.74, 6) is 0.971. The summed E-state index contributed by atoms with van der Waals surface area (Å²) in [6.45, 7) is 1.04. The van der Waals surface area contributed by atoms with Gasteiger partial charge in [0.1, 0.15) is 5.78 Å². The lowest BCUT2D eigenvalue weighted by atomic mass is 9.93. The highest BCUT2D eigenvalue weighted by molar-refractivity contribution is 5.82. The first kappa shape index (κ1) is 6.35. The number of hydrogen-bond acceptors (Lipinski definition) is 1. The Morgan fingerprint density at radius 2 is 2.30 bits per heavy atom. The minimum Gasteiger partial charge on any atom is -0.343 e. The fourth-order valence-electron chi connectivity index (χ4n) is 2.30. The Hall–Kier alpha value is -0.370. The maximum Gasteiger partial charge on any atom is 0.147 e. The summed E-state index contributed by atoms with van der Waals surface area (Å²) in [5, 5.41) is 2.36. The molecule has 1 aliphatic heterocycles. The number of piperidine rings is 1. The van der Waals surface area contributed by atoms with Crippen LogP contribution in [0, 0.1) is 5.92 Å². The molecule has 10 heavy (non-hydrogen) atoms. The Labute approximate surface area is 61.0 Å². The van der Waals surface area contributed by atoms with Crippen LogP contribution < -0.4 is 5.32 Å². The highest BCUT2D eigenvalue weighted by atomic mass is 16.1. The van der Waals surface area contributed by atoms with E-state index in [-0.39, 0.29) is 0 Å². The second kappa shape index (κ2) is 2.35. The molecule has 2 fully saturated rings. The van der Waals surface area contributed by atoms with Gasteiger partial charge in [-0.2, -0.15) is 0 Å². The number of Topliss-reactive ketones (excluding diaryl/α,β-unsaturated/α-hetero) is 1. The van der Waals surface area contributed by atoms with Crippen LogP contribution in [-0.4, -0.2) is 18.4 Å². The lowest BCUT2D eigenvalue weighted by Gasteiger charge is -2.21. The van der Waals surface area contributed by atoms with Crippen LogP contribution in [0.3, 0.4) is 0 Å². The Balaban J connectivity index is 2.10. The van der Waals surface area contributed by atoms with E-state index in [0.717, 1.165) is 13.0 Å². The van der Waals surface area contributed by atoms with Crippen molar-refractivity contribution in [3.05, 3.63) is 0 Å². The number of rotatable bonds is 0. The van der Waals surface area contributed by atoms with Crippen LogP contribution in [0.2, 0.25) is 0 Å². The number of quaternary nitrogens is 1. The van der Waals surface area contributed by atoms with Crippen molar-refractivity contribution in [3.63, 3.8) is 0 Å². The average molecular weight is 140 g/mol. The molecule has 1 heterocycles.